The quantitative estimate of drug-likeness (QED) is 0.758. The summed E-state index contributed by atoms with van der Waals surface area (Å²) in [5.74, 6) is 0. The smallest absolute Gasteiger partial charge is 0.0471 e. The molecular weight excluding hydrogens is 184 g/mol. The normalized spacial score (nSPS) is 10.6. The lowest BCUT2D eigenvalue weighted by Gasteiger charge is -2.10. The van der Waals surface area contributed by atoms with Crippen molar-refractivity contribution in [1.82, 2.24) is 0 Å². The highest BCUT2D eigenvalue weighted by Gasteiger charge is 2.02. The van der Waals surface area contributed by atoms with Gasteiger partial charge in [-0.25, -0.2) is 0 Å². The van der Waals surface area contributed by atoms with E-state index in [0.29, 0.717) is 0 Å². The Kier molecular flexibility index (Phi) is 5.41. The van der Waals surface area contributed by atoms with Crippen molar-refractivity contribution >= 4 is 0 Å². The fraction of sp³-hybridized carbons (Fsp3) is 0.571. The Morgan fingerprint density at radius 2 is 1.67 bits per heavy atom. The number of hydrogen-bond acceptors (Lipinski definition) is 1. The van der Waals surface area contributed by atoms with Crippen LogP contribution in [0.25, 0.3) is 0 Å². The van der Waals surface area contributed by atoms with Gasteiger partial charge in [-0.15, -0.1) is 0 Å². The predicted molar refractivity (Wildman–Crippen MR) is 65.2 cm³/mol. The van der Waals surface area contributed by atoms with E-state index in [0.717, 1.165) is 19.3 Å². The average molecular weight is 206 g/mol. The predicted octanol–water partition coefficient (Wildman–Crippen LogP) is 3.13. The molecule has 0 aromatic heterocycles. The van der Waals surface area contributed by atoms with Crippen molar-refractivity contribution in [1.29, 1.82) is 0 Å². The third-order valence-corrected chi connectivity index (χ3v) is 2.71. The average Bonchev–Trinajstić information content (AvgIpc) is 2.23. The van der Waals surface area contributed by atoms with Crippen LogP contribution in [-0.2, 0) is 19.3 Å². The van der Waals surface area contributed by atoms with Gasteiger partial charge >= 0.3 is 0 Å². The summed E-state index contributed by atoms with van der Waals surface area (Å²) in [4.78, 5) is 0. The highest BCUT2D eigenvalue weighted by atomic mass is 16.2. The second-order valence-electron chi connectivity index (χ2n) is 4.08. The van der Waals surface area contributed by atoms with Crippen LogP contribution in [0.5, 0.6) is 0 Å². The minimum absolute atomic E-state index is 0.254. The van der Waals surface area contributed by atoms with E-state index in [-0.39, 0.29) is 6.61 Å². The number of hydrogen-bond donors (Lipinski definition) is 1. The second-order valence-corrected chi connectivity index (χ2v) is 4.08. The Bertz CT molecular complexity index is 291. The van der Waals surface area contributed by atoms with E-state index < -0.39 is 0 Å². The lowest BCUT2D eigenvalue weighted by atomic mass is 9.97. The molecule has 0 saturated carbocycles. The van der Waals surface area contributed by atoms with Crippen LogP contribution in [0.2, 0.25) is 0 Å². The molecule has 0 aliphatic heterocycles. The van der Waals surface area contributed by atoms with Crippen molar-refractivity contribution in [2.24, 2.45) is 0 Å². The Morgan fingerprint density at radius 3 is 2.27 bits per heavy atom. The van der Waals surface area contributed by atoms with E-state index in [9.17, 15) is 0 Å². The summed E-state index contributed by atoms with van der Waals surface area (Å²) >= 11 is 0. The lowest BCUT2D eigenvalue weighted by molar-refractivity contribution is 0.299. The van der Waals surface area contributed by atoms with Gasteiger partial charge in [0.2, 0.25) is 0 Å². The second kappa shape index (κ2) is 6.62. The zero-order valence-corrected chi connectivity index (χ0v) is 9.92. The fourth-order valence-electron chi connectivity index (χ4n) is 1.99. The molecule has 1 rings (SSSR count). The van der Waals surface area contributed by atoms with Gasteiger partial charge in [0, 0.05) is 6.61 Å². The largest absolute Gasteiger partial charge is 0.396 e. The van der Waals surface area contributed by atoms with Gasteiger partial charge in [-0.05, 0) is 36.0 Å². The first-order chi connectivity index (χ1) is 7.31. The van der Waals surface area contributed by atoms with Crippen LogP contribution in [0.1, 0.15) is 43.4 Å². The highest BCUT2D eigenvalue weighted by Crippen LogP contribution is 2.16. The molecule has 0 bridgehead atoms. The van der Waals surface area contributed by atoms with E-state index in [1.54, 1.807) is 0 Å². The Hall–Kier alpha value is -0.820. The molecule has 15 heavy (non-hydrogen) atoms. The SMILES string of the molecule is CCCc1ccc(CCO)c(CCC)c1. The van der Waals surface area contributed by atoms with Crippen molar-refractivity contribution in [2.75, 3.05) is 6.61 Å². The molecule has 0 aliphatic carbocycles. The maximum atomic E-state index is 8.99. The van der Waals surface area contributed by atoms with Crippen LogP contribution in [0.15, 0.2) is 18.2 Å². The standard InChI is InChI=1S/C14H22O/c1-3-5-12-7-8-13(9-10-15)14(11-12)6-4-2/h7-8,11,15H,3-6,9-10H2,1-2H3. The maximum Gasteiger partial charge on any atom is 0.0471 e. The van der Waals surface area contributed by atoms with Gasteiger partial charge < -0.3 is 5.11 Å². The molecule has 0 saturated heterocycles. The van der Waals surface area contributed by atoms with Gasteiger partial charge in [0.25, 0.3) is 0 Å². The summed E-state index contributed by atoms with van der Waals surface area (Å²) in [6, 6.07) is 6.71. The summed E-state index contributed by atoms with van der Waals surface area (Å²) < 4.78 is 0. The first kappa shape index (κ1) is 12.3. The van der Waals surface area contributed by atoms with E-state index in [4.69, 9.17) is 5.11 Å². The van der Waals surface area contributed by atoms with E-state index in [1.165, 1.54) is 29.5 Å². The first-order valence-electron chi connectivity index (χ1n) is 6.03. The minimum Gasteiger partial charge on any atom is -0.396 e. The number of rotatable bonds is 6. The van der Waals surface area contributed by atoms with Crippen molar-refractivity contribution in [3.05, 3.63) is 34.9 Å². The summed E-state index contributed by atoms with van der Waals surface area (Å²) in [6.45, 7) is 4.67. The third-order valence-electron chi connectivity index (χ3n) is 2.71. The number of benzene rings is 1. The fourth-order valence-corrected chi connectivity index (χ4v) is 1.99. The zero-order valence-electron chi connectivity index (χ0n) is 9.92. The molecule has 0 radical (unpaired) electrons. The molecular formula is C14H22O. The number of aliphatic hydroxyl groups excluding tert-OH is 1. The van der Waals surface area contributed by atoms with Crippen LogP contribution >= 0.6 is 0 Å². The van der Waals surface area contributed by atoms with Crippen molar-refractivity contribution in [3.8, 4) is 0 Å². The molecule has 1 heteroatoms. The van der Waals surface area contributed by atoms with Crippen molar-refractivity contribution in [3.63, 3.8) is 0 Å². The molecule has 84 valence electrons. The third kappa shape index (κ3) is 3.67. The summed E-state index contributed by atoms with van der Waals surface area (Å²) in [6.07, 6.45) is 5.46. The van der Waals surface area contributed by atoms with E-state index in [1.807, 2.05) is 0 Å². The minimum atomic E-state index is 0.254. The molecule has 1 N–H and O–H groups in total. The lowest BCUT2D eigenvalue weighted by Crippen LogP contribution is -1.99. The Balaban J connectivity index is 2.87. The molecule has 1 aromatic rings. The van der Waals surface area contributed by atoms with Gasteiger partial charge in [0.1, 0.15) is 0 Å². The molecule has 0 unspecified atom stereocenters. The molecule has 1 nitrogen and oxygen atoms in total. The van der Waals surface area contributed by atoms with Gasteiger partial charge in [-0.1, -0.05) is 44.9 Å². The molecule has 0 amide bonds. The van der Waals surface area contributed by atoms with Crippen molar-refractivity contribution < 1.29 is 5.11 Å². The van der Waals surface area contributed by atoms with Crippen LogP contribution in [0.4, 0.5) is 0 Å². The highest BCUT2D eigenvalue weighted by molar-refractivity contribution is 5.32. The van der Waals surface area contributed by atoms with Gasteiger partial charge in [0.15, 0.2) is 0 Å². The maximum absolute atomic E-state index is 8.99. The van der Waals surface area contributed by atoms with Crippen LogP contribution in [-0.4, -0.2) is 11.7 Å². The van der Waals surface area contributed by atoms with Crippen LogP contribution < -0.4 is 0 Å². The summed E-state index contributed by atoms with van der Waals surface area (Å²) in [7, 11) is 0. The first-order valence-corrected chi connectivity index (χ1v) is 6.03. The Labute approximate surface area is 93.1 Å². The molecule has 0 atom stereocenters. The summed E-state index contributed by atoms with van der Waals surface area (Å²) in [5, 5.41) is 8.99. The zero-order chi connectivity index (χ0) is 11.1. The topological polar surface area (TPSA) is 20.2 Å². The monoisotopic (exact) mass is 206 g/mol. The molecule has 0 aliphatic rings. The summed E-state index contributed by atoms with van der Waals surface area (Å²) in [5.41, 5.74) is 4.18. The van der Waals surface area contributed by atoms with Gasteiger partial charge in [-0.3, -0.25) is 0 Å². The van der Waals surface area contributed by atoms with Crippen LogP contribution in [0.3, 0.4) is 0 Å². The molecule has 0 heterocycles. The van der Waals surface area contributed by atoms with Crippen molar-refractivity contribution in [2.45, 2.75) is 46.0 Å². The van der Waals surface area contributed by atoms with E-state index >= 15 is 0 Å². The number of aryl methyl sites for hydroxylation is 2. The van der Waals surface area contributed by atoms with Gasteiger partial charge in [-0.2, -0.15) is 0 Å². The molecule has 0 spiro atoms. The van der Waals surface area contributed by atoms with Gasteiger partial charge in [0.05, 0.1) is 0 Å². The van der Waals surface area contributed by atoms with Crippen LogP contribution in [0, 0.1) is 0 Å². The molecule has 1 aromatic carbocycles. The Morgan fingerprint density at radius 1 is 0.933 bits per heavy atom. The number of aliphatic hydroxyl groups is 1. The van der Waals surface area contributed by atoms with E-state index in [2.05, 4.69) is 32.0 Å². The molecule has 0 fully saturated rings.